The molecule has 0 saturated heterocycles. The highest BCUT2D eigenvalue weighted by Crippen LogP contribution is 2.47. The Labute approximate surface area is 213 Å². The Kier molecular flexibility index (Phi) is 7.61. The largest absolute Gasteiger partial charge is 0.496 e. The summed E-state index contributed by atoms with van der Waals surface area (Å²) in [5, 5.41) is 12.9. The number of carboxylic acid groups (broad SMARTS) is 1. The molecule has 2 N–H and O–H groups in total. The van der Waals surface area contributed by atoms with Crippen LogP contribution in [0.1, 0.15) is 48.4 Å². The van der Waals surface area contributed by atoms with E-state index in [1.54, 1.807) is 39.0 Å². The van der Waals surface area contributed by atoms with Gasteiger partial charge in [0, 0.05) is 10.9 Å². The first-order chi connectivity index (χ1) is 17.3. The molecule has 0 fully saturated rings. The third-order valence-corrected chi connectivity index (χ3v) is 5.46. The van der Waals surface area contributed by atoms with Crippen molar-refractivity contribution < 1.29 is 42.8 Å². The fourth-order valence-corrected chi connectivity index (χ4v) is 4.10. The monoisotopic (exact) mass is 513 g/mol. The van der Waals surface area contributed by atoms with Crippen LogP contribution >= 0.6 is 0 Å². The van der Waals surface area contributed by atoms with Gasteiger partial charge in [-0.1, -0.05) is 0 Å². The normalized spacial score (nSPS) is 11.1. The molecule has 0 unspecified atom stereocenters. The number of carbonyl (C=O) groups is 3. The molecule has 0 aromatic heterocycles. The molecule has 0 atom stereocenters. The maximum atomic E-state index is 15.8. The Hall–Kier alpha value is -4.34. The van der Waals surface area contributed by atoms with Gasteiger partial charge in [-0.2, -0.15) is 0 Å². The smallest absolute Gasteiger partial charge is 0.412 e. The number of benzene rings is 3. The molecule has 0 radical (unpaired) electrons. The summed E-state index contributed by atoms with van der Waals surface area (Å²) in [5.74, 6) is -2.13. The number of methoxy groups -OCH3 is 3. The summed E-state index contributed by atoms with van der Waals surface area (Å²) in [7, 11) is 4.34. The van der Waals surface area contributed by atoms with E-state index in [0.717, 1.165) is 13.0 Å². The summed E-state index contributed by atoms with van der Waals surface area (Å²) in [4.78, 5) is 37.4. The average Bonchev–Trinajstić information content (AvgIpc) is 2.81. The van der Waals surface area contributed by atoms with E-state index in [0.29, 0.717) is 28.0 Å². The number of hydrogen-bond acceptors (Lipinski definition) is 7. The number of fused-ring (bicyclic) bond motifs is 1. The van der Waals surface area contributed by atoms with Crippen molar-refractivity contribution in [3.05, 3.63) is 47.3 Å². The molecule has 9 nitrogen and oxygen atoms in total. The highest BCUT2D eigenvalue weighted by Gasteiger charge is 2.30. The Morgan fingerprint density at radius 3 is 1.86 bits per heavy atom. The Morgan fingerprint density at radius 2 is 1.41 bits per heavy atom. The number of ether oxygens (including phenoxy) is 4. The van der Waals surface area contributed by atoms with Gasteiger partial charge in [-0.3, -0.25) is 10.1 Å². The van der Waals surface area contributed by atoms with Gasteiger partial charge in [0.05, 0.1) is 43.5 Å². The molecular formula is C27H28FNO8. The zero-order valence-electron chi connectivity index (χ0n) is 21.6. The molecule has 0 aliphatic carbocycles. The van der Waals surface area contributed by atoms with E-state index >= 15 is 4.39 Å². The van der Waals surface area contributed by atoms with Gasteiger partial charge in [-0.15, -0.1) is 0 Å². The van der Waals surface area contributed by atoms with Gasteiger partial charge in [0.15, 0.2) is 5.78 Å². The summed E-state index contributed by atoms with van der Waals surface area (Å²) < 4.78 is 37.7. The fraction of sp³-hybridized carbons (Fsp3) is 0.296. The molecule has 196 valence electrons. The predicted molar refractivity (Wildman–Crippen MR) is 136 cm³/mol. The molecule has 0 aliphatic heterocycles. The first-order valence-corrected chi connectivity index (χ1v) is 11.2. The second-order valence-electron chi connectivity index (χ2n) is 9.05. The van der Waals surface area contributed by atoms with Crippen molar-refractivity contribution in [2.24, 2.45) is 0 Å². The molecule has 0 spiro atoms. The lowest BCUT2D eigenvalue weighted by Gasteiger charge is -2.23. The first kappa shape index (κ1) is 27.3. The van der Waals surface area contributed by atoms with Crippen LogP contribution < -0.4 is 19.5 Å². The molecule has 0 bridgehead atoms. The standard InChI is InChI=1S/C27H28FNO8/c1-13(30)20-15(25(31)32)12-16(28)21(24(20)29-26(33)37-27(2,3)4)14-8-9-18(35-6)23-19(36-7)11-10-17(34-5)22(14)23/h8-12H,1-7H3,(H,29,33)(H,31,32). The number of rotatable bonds is 7. The molecule has 3 rings (SSSR count). The van der Waals surface area contributed by atoms with Gasteiger partial charge in [-0.05, 0) is 63.6 Å². The van der Waals surface area contributed by atoms with E-state index in [1.165, 1.54) is 27.4 Å². The summed E-state index contributed by atoms with van der Waals surface area (Å²) in [6, 6.07) is 7.09. The zero-order chi connectivity index (χ0) is 27.7. The fourth-order valence-electron chi connectivity index (χ4n) is 4.10. The minimum atomic E-state index is -1.54. The minimum Gasteiger partial charge on any atom is -0.496 e. The molecule has 0 saturated carbocycles. The van der Waals surface area contributed by atoms with E-state index in [9.17, 15) is 19.5 Å². The van der Waals surface area contributed by atoms with E-state index < -0.39 is 34.8 Å². The number of nitrogens with one attached hydrogen (secondary N) is 1. The van der Waals surface area contributed by atoms with Crippen LogP contribution in [0.3, 0.4) is 0 Å². The summed E-state index contributed by atoms with van der Waals surface area (Å²) >= 11 is 0. The number of hydrogen-bond donors (Lipinski definition) is 2. The van der Waals surface area contributed by atoms with Crippen molar-refractivity contribution in [3.8, 4) is 28.4 Å². The van der Waals surface area contributed by atoms with Crippen LogP contribution in [0.4, 0.5) is 14.9 Å². The number of amides is 1. The molecule has 0 heterocycles. The number of aromatic carboxylic acids is 1. The van der Waals surface area contributed by atoms with Gasteiger partial charge >= 0.3 is 12.1 Å². The van der Waals surface area contributed by atoms with Gasteiger partial charge in [0.25, 0.3) is 0 Å². The third-order valence-electron chi connectivity index (χ3n) is 5.46. The predicted octanol–water partition coefficient (Wildman–Crippen LogP) is 5.92. The number of ketones is 1. The van der Waals surface area contributed by atoms with Crippen molar-refractivity contribution in [3.63, 3.8) is 0 Å². The molecule has 3 aromatic carbocycles. The number of anilines is 1. The van der Waals surface area contributed by atoms with Crippen LogP contribution in [0, 0.1) is 5.82 Å². The maximum absolute atomic E-state index is 15.8. The highest BCUT2D eigenvalue weighted by atomic mass is 19.1. The number of halogens is 1. The van der Waals surface area contributed by atoms with E-state index in [-0.39, 0.29) is 22.4 Å². The van der Waals surface area contributed by atoms with E-state index in [1.807, 2.05) is 0 Å². The van der Waals surface area contributed by atoms with Crippen molar-refractivity contribution in [1.82, 2.24) is 0 Å². The van der Waals surface area contributed by atoms with Gasteiger partial charge < -0.3 is 24.1 Å². The molecule has 3 aromatic rings. The molecule has 1 amide bonds. The van der Waals surface area contributed by atoms with Gasteiger partial charge in [0.2, 0.25) is 0 Å². The number of carboxylic acids is 1. The SMILES string of the molecule is COc1ccc(OC)c2c(-c3c(F)cc(C(=O)O)c(C(C)=O)c3NC(=O)OC(C)(C)C)ccc(OC)c12. The quantitative estimate of drug-likeness (QED) is 0.374. The van der Waals surface area contributed by atoms with E-state index in [2.05, 4.69) is 5.32 Å². The second-order valence-corrected chi connectivity index (χ2v) is 9.05. The minimum absolute atomic E-state index is 0.189. The summed E-state index contributed by atoms with van der Waals surface area (Å²) in [5.41, 5.74) is -2.32. The molecular weight excluding hydrogens is 485 g/mol. The lowest BCUT2D eigenvalue weighted by atomic mass is 9.90. The van der Waals surface area contributed by atoms with Gasteiger partial charge in [0.1, 0.15) is 28.7 Å². The van der Waals surface area contributed by atoms with Crippen LogP contribution in [0.15, 0.2) is 30.3 Å². The highest BCUT2D eigenvalue weighted by molar-refractivity contribution is 6.16. The van der Waals surface area contributed by atoms with E-state index in [4.69, 9.17) is 18.9 Å². The van der Waals surface area contributed by atoms with Crippen molar-refractivity contribution in [2.75, 3.05) is 26.6 Å². The zero-order valence-corrected chi connectivity index (χ0v) is 21.6. The topological polar surface area (TPSA) is 120 Å². The van der Waals surface area contributed by atoms with Crippen LogP contribution in [0.5, 0.6) is 17.2 Å². The summed E-state index contributed by atoms with van der Waals surface area (Å²) in [6.45, 7) is 6.00. The van der Waals surface area contributed by atoms with Crippen LogP contribution in [0.25, 0.3) is 21.9 Å². The van der Waals surface area contributed by atoms with Crippen LogP contribution in [0.2, 0.25) is 0 Å². The van der Waals surface area contributed by atoms with Crippen molar-refractivity contribution >= 4 is 34.3 Å². The maximum Gasteiger partial charge on any atom is 0.412 e. The average molecular weight is 514 g/mol. The Balaban J connectivity index is 2.53. The Bertz CT molecular complexity index is 1400. The lowest BCUT2D eigenvalue weighted by molar-refractivity contribution is 0.0632. The lowest BCUT2D eigenvalue weighted by Crippen LogP contribution is -2.28. The number of Topliss-reactive ketones (excluding diaryl/α,β-unsaturated/α-hetero) is 1. The van der Waals surface area contributed by atoms with Crippen molar-refractivity contribution in [1.29, 1.82) is 0 Å². The molecule has 10 heteroatoms. The number of carbonyl (C=O) groups excluding carboxylic acids is 2. The first-order valence-electron chi connectivity index (χ1n) is 11.2. The second kappa shape index (κ2) is 10.3. The van der Waals surface area contributed by atoms with Gasteiger partial charge in [-0.25, -0.2) is 14.0 Å². The van der Waals surface area contributed by atoms with Crippen LogP contribution in [-0.2, 0) is 4.74 Å². The molecule has 0 aliphatic rings. The molecule has 37 heavy (non-hydrogen) atoms. The van der Waals surface area contributed by atoms with Crippen LogP contribution in [-0.4, -0.2) is 49.9 Å². The van der Waals surface area contributed by atoms with Crippen molar-refractivity contribution in [2.45, 2.75) is 33.3 Å². The Morgan fingerprint density at radius 1 is 0.892 bits per heavy atom. The third kappa shape index (κ3) is 5.28. The summed E-state index contributed by atoms with van der Waals surface area (Å²) in [6.07, 6.45) is -0.999.